The highest BCUT2D eigenvalue weighted by Gasteiger charge is 2.27. The molecule has 18 heteroatoms. The second-order valence-corrected chi connectivity index (χ2v) is 10.5. The molecule has 3 heterocycles. The van der Waals surface area contributed by atoms with Crippen LogP contribution in [-0.4, -0.2) is 46.4 Å². The minimum atomic E-state index is -4.58. The van der Waals surface area contributed by atoms with Crippen LogP contribution in [0.25, 0.3) is 22.0 Å². The number of hydrogen-bond donors (Lipinski definition) is 3. The Hall–Kier alpha value is -4.77. The van der Waals surface area contributed by atoms with Crippen molar-refractivity contribution in [3.8, 4) is 17.0 Å². The van der Waals surface area contributed by atoms with Crippen molar-refractivity contribution in [3.05, 3.63) is 77.1 Å². The summed E-state index contributed by atoms with van der Waals surface area (Å²) in [6.45, 7) is -2.94. The molecule has 3 aromatic heterocycles. The number of fused-ring (bicyclic) bond motifs is 1. The number of aromatic nitrogens is 5. The van der Waals surface area contributed by atoms with Crippen molar-refractivity contribution in [2.75, 3.05) is 17.1 Å². The van der Waals surface area contributed by atoms with E-state index >= 15 is 8.78 Å². The van der Waals surface area contributed by atoms with E-state index in [-0.39, 0.29) is 27.7 Å². The molecule has 0 fully saturated rings. The number of H-pyrrole nitrogens is 1. The van der Waals surface area contributed by atoms with Crippen LogP contribution in [-0.2, 0) is 10.0 Å². The molecule has 1 amide bonds. The second kappa shape index (κ2) is 10.9. The van der Waals surface area contributed by atoms with Crippen LogP contribution < -0.4 is 14.8 Å². The minimum absolute atomic E-state index is 0.0675. The van der Waals surface area contributed by atoms with Crippen LogP contribution >= 0.6 is 11.6 Å². The van der Waals surface area contributed by atoms with Gasteiger partial charge in [0.15, 0.2) is 16.5 Å². The van der Waals surface area contributed by atoms with Gasteiger partial charge in [-0.15, -0.1) is 0 Å². The molecule has 0 aliphatic rings. The molecular weight excluding hydrogens is 613 g/mol. The van der Waals surface area contributed by atoms with Crippen LogP contribution in [0.2, 0.25) is 5.02 Å². The predicted octanol–water partition coefficient (Wildman–Crippen LogP) is 5.35. The number of pyridine rings is 1. The van der Waals surface area contributed by atoms with Gasteiger partial charge in [-0.25, -0.2) is 31.3 Å². The molecule has 5 rings (SSSR count). The summed E-state index contributed by atoms with van der Waals surface area (Å²) in [5.74, 6) is -5.19. The van der Waals surface area contributed by atoms with E-state index in [9.17, 15) is 26.4 Å². The van der Waals surface area contributed by atoms with Crippen LogP contribution in [0, 0.1) is 17.5 Å². The number of aromatic amines is 1. The quantitative estimate of drug-likeness (QED) is 0.197. The Morgan fingerprint density at radius 3 is 2.57 bits per heavy atom. The first kappa shape index (κ1) is 28.7. The molecule has 0 unspecified atom stereocenters. The number of anilines is 2. The number of alkyl halides is 2. The number of halogens is 6. The summed E-state index contributed by atoms with van der Waals surface area (Å²) >= 11 is 5.84. The summed E-state index contributed by atoms with van der Waals surface area (Å²) in [5, 5.41) is 11.5. The lowest BCUT2D eigenvalue weighted by molar-refractivity contribution is 0.0566. The number of sulfonamides is 1. The lowest BCUT2D eigenvalue weighted by Crippen LogP contribution is -2.16. The van der Waals surface area contributed by atoms with Crippen LogP contribution in [0.3, 0.4) is 0 Å². The van der Waals surface area contributed by atoms with Crippen molar-refractivity contribution in [2.45, 2.75) is 11.4 Å². The monoisotopic (exact) mass is 627 g/mol. The number of nitrogens with zero attached hydrogens (tertiary/aromatic N) is 4. The van der Waals surface area contributed by atoms with E-state index in [4.69, 9.17) is 16.3 Å². The normalized spacial score (nSPS) is 11.7. The molecule has 0 aliphatic heterocycles. The average molecular weight is 628 g/mol. The first-order chi connectivity index (χ1) is 19.9. The van der Waals surface area contributed by atoms with Crippen molar-refractivity contribution in [2.24, 2.45) is 0 Å². The van der Waals surface area contributed by atoms with E-state index in [0.29, 0.717) is 4.68 Å². The summed E-state index contributed by atoms with van der Waals surface area (Å²) in [4.78, 5) is 15.9. The number of carbonyl (C=O) groups excluding carboxylic acids is 1. The van der Waals surface area contributed by atoms with Crippen molar-refractivity contribution < 1.29 is 39.9 Å². The van der Waals surface area contributed by atoms with Gasteiger partial charge in [-0.2, -0.15) is 19.0 Å². The van der Waals surface area contributed by atoms with Gasteiger partial charge >= 0.3 is 6.55 Å². The van der Waals surface area contributed by atoms with Crippen LogP contribution in [0.1, 0.15) is 17.0 Å². The third-order valence-corrected chi connectivity index (χ3v) is 7.39. The van der Waals surface area contributed by atoms with Crippen LogP contribution in [0.4, 0.5) is 33.3 Å². The summed E-state index contributed by atoms with van der Waals surface area (Å²) in [6, 6.07) is 4.62. The summed E-state index contributed by atoms with van der Waals surface area (Å²) in [6.07, 6.45) is 2.96. The number of methoxy groups -OCH3 is 1. The van der Waals surface area contributed by atoms with Crippen molar-refractivity contribution in [1.29, 1.82) is 0 Å². The molecule has 0 aliphatic carbocycles. The fourth-order valence-electron chi connectivity index (χ4n) is 3.95. The van der Waals surface area contributed by atoms with Crippen molar-refractivity contribution in [3.63, 3.8) is 0 Å². The Balaban J connectivity index is 1.50. The van der Waals surface area contributed by atoms with Gasteiger partial charge in [-0.3, -0.25) is 14.6 Å². The maximum Gasteiger partial charge on any atom is 0.333 e. The molecule has 0 saturated carbocycles. The van der Waals surface area contributed by atoms with E-state index in [0.717, 1.165) is 56.0 Å². The predicted molar refractivity (Wildman–Crippen MR) is 139 cm³/mol. The van der Waals surface area contributed by atoms with Crippen molar-refractivity contribution >= 4 is 49.8 Å². The van der Waals surface area contributed by atoms with Gasteiger partial charge in [0.05, 0.1) is 41.5 Å². The Morgan fingerprint density at radius 1 is 1.12 bits per heavy atom. The number of carbonyl (C=O) groups is 1. The van der Waals surface area contributed by atoms with Gasteiger partial charge in [-0.05, 0) is 24.3 Å². The topological polar surface area (TPSA) is 144 Å². The molecule has 0 saturated heterocycles. The van der Waals surface area contributed by atoms with Gasteiger partial charge in [0, 0.05) is 17.1 Å². The molecule has 3 N–H and O–H groups in total. The zero-order valence-electron chi connectivity index (χ0n) is 20.8. The molecular formula is C24H15ClF5N7O4S. The highest BCUT2D eigenvalue weighted by Crippen LogP contribution is 2.36. The summed E-state index contributed by atoms with van der Waals surface area (Å²) in [5.41, 5.74) is -3.17. The summed E-state index contributed by atoms with van der Waals surface area (Å²) < 4.78 is 105. The minimum Gasteiger partial charge on any atom is -0.480 e. The maximum atomic E-state index is 15.6. The molecule has 0 spiro atoms. The van der Waals surface area contributed by atoms with Gasteiger partial charge in [0.25, 0.3) is 15.9 Å². The Labute approximate surface area is 237 Å². The molecule has 0 radical (unpaired) electrons. The highest BCUT2D eigenvalue weighted by atomic mass is 35.5. The van der Waals surface area contributed by atoms with E-state index in [1.165, 1.54) is 0 Å². The fourth-order valence-corrected chi connectivity index (χ4v) is 5.38. The fraction of sp³-hybridized carbons (Fsp3) is 0.0833. The standard InChI is InChI=1S/C24H15ClF5N7O4S/c1-41-23-16(6-10(25)7-31-23)42(39,40)36-15-5-4-14(26)17(19(15)28)12-2-3-13-20(18(12)27)34-35-21(13)22(38)33-11-8-32-37(9-11)24(29)30/h2-9,24,36H,1H3,(H,33,38)(H,34,35). The van der Waals surface area contributed by atoms with E-state index in [2.05, 4.69) is 25.6 Å². The van der Waals surface area contributed by atoms with E-state index < -0.39 is 67.2 Å². The molecule has 42 heavy (non-hydrogen) atoms. The second-order valence-electron chi connectivity index (χ2n) is 8.41. The Bertz CT molecular complexity index is 1970. The number of rotatable bonds is 8. The van der Waals surface area contributed by atoms with E-state index in [1.807, 2.05) is 4.72 Å². The largest absolute Gasteiger partial charge is 0.480 e. The number of amides is 1. The number of ether oxygens (including phenoxy) is 1. The molecule has 0 bridgehead atoms. The average Bonchev–Trinajstić information content (AvgIpc) is 3.59. The zero-order valence-corrected chi connectivity index (χ0v) is 22.4. The summed E-state index contributed by atoms with van der Waals surface area (Å²) in [7, 11) is -3.43. The van der Waals surface area contributed by atoms with Gasteiger partial charge in [0.1, 0.15) is 17.0 Å². The molecule has 218 valence electrons. The van der Waals surface area contributed by atoms with Gasteiger partial charge < -0.3 is 10.1 Å². The van der Waals surface area contributed by atoms with Crippen LogP contribution in [0.5, 0.6) is 5.88 Å². The van der Waals surface area contributed by atoms with E-state index in [1.54, 1.807) is 0 Å². The number of hydrogen-bond acceptors (Lipinski definition) is 7. The first-order valence-electron chi connectivity index (χ1n) is 11.4. The third kappa shape index (κ3) is 5.18. The molecule has 5 aromatic rings. The Morgan fingerprint density at radius 2 is 1.88 bits per heavy atom. The number of nitrogens with one attached hydrogen (secondary N) is 3. The van der Waals surface area contributed by atoms with Crippen LogP contribution in [0.15, 0.2) is 53.8 Å². The number of benzene rings is 2. The SMILES string of the molecule is COc1ncc(Cl)cc1S(=O)(=O)Nc1ccc(F)c(-c2ccc3c(C(=O)Nc4cnn(C(F)F)c4)[nH]nc3c2F)c1F. The molecule has 2 aromatic carbocycles. The maximum absolute atomic E-state index is 15.6. The molecule has 0 atom stereocenters. The van der Waals surface area contributed by atoms with Gasteiger partial charge in [-0.1, -0.05) is 17.7 Å². The zero-order chi connectivity index (χ0) is 30.3. The Kier molecular flexibility index (Phi) is 7.46. The molecule has 11 nitrogen and oxygen atoms in total. The first-order valence-corrected chi connectivity index (χ1v) is 13.3. The lowest BCUT2D eigenvalue weighted by atomic mass is 10.0. The third-order valence-electron chi connectivity index (χ3n) is 5.82. The lowest BCUT2D eigenvalue weighted by Gasteiger charge is -2.14. The van der Waals surface area contributed by atoms with Crippen molar-refractivity contribution in [1.82, 2.24) is 25.0 Å². The van der Waals surface area contributed by atoms with Gasteiger partial charge in [0.2, 0.25) is 5.88 Å². The smallest absolute Gasteiger partial charge is 0.333 e. The highest BCUT2D eigenvalue weighted by molar-refractivity contribution is 7.92.